The molecule has 0 bridgehead atoms. The molecule has 4 amide bonds. The first kappa shape index (κ1) is 18.7. The minimum atomic E-state index is -0.647. The lowest BCUT2D eigenvalue weighted by atomic mass is 10.1. The van der Waals surface area contributed by atoms with Gasteiger partial charge in [-0.05, 0) is 20.8 Å². The monoisotopic (exact) mass is 351 g/mol. The number of amides is 4. The molecule has 1 fully saturated rings. The molecular formula is C15H25N7O3. The molecule has 25 heavy (non-hydrogen) atoms. The van der Waals surface area contributed by atoms with Crippen LogP contribution in [0, 0.1) is 6.92 Å². The Morgan fingerprint density at radius 1 is 1.28 bits per heavy atom. The van der Waals surface area contributed by atoms with Crippen LogP contribution in [0.2, 0.25) is 0 Å². The predicted molar refractivity (Wildman–Crippen MR) is 89.7 cm³/mol. The number of piperazine rings is 1. The van der Waals surface area contributed by atoms with Gasteiger partial charge in [0.05, 0.1) is 12.2 Å². The zero-order valence-corrected chi connectivity index (χ0v) is 14.9. The fourth-order valence-corrected chi connectivity index (χ4v) is 2.87. The highest BCUT2D eigenvalue weighted by molar-refractivity contribution is 5.93. The summed E-state index contributed by atoms with van der Waals surface area (Å²) in [4.78, 5) is 40.5. The largest absolute Gasteiger partial charge is 0.352 e. The Labute approximate surface area is 146 Å². The number of rotatable bonds is 5. The second-order valence-corrected chi connectivity index (χ2v) is 6.05. The Balaban J connectivity index is 1.94. The van der Waals surface area contributed by atoms with Crippen LogP contribution in [-0.4, -0.2) is 74.9 Å². The molecule has 1 aromatic rings. The van der Waals surface area contributed by atoms with Gasteiger partial charge in [0.2, 0.25) is 5.91 Å². The van der Waals surface area contributed by atoms with Gasteiger partial charge in [-0.1, -0.05) is 0 Å². The van der Waals surface area contributed by atoms with E-state index in [1.54, 1.807) is 16.7 Å². The average molecular weight is 351 g/mol. The van der Waals surface area contributed by atoms with Gasteiger partial charge >= 0.3 is 6.03 Å². The molecule has 2 heterocycles. The zero-order chi connectivity index (χ0) is 18.6. The zero-order valence-electron chi connectivity index (χ0n) is 14.9. The van der Waals surface area contributed by atoms with E-state index in [0.717, 1.165) is 0 Å². The van der Waals surface area contributed by atoms with Crippen molar-refractivity contribution in [2.45, 2.75) is 39.8 Å². The number of primary amides is 1. The molecule has 10 heteroatoms. The number of hydrogen-bond donors (Lipinski definition) is 2. The number of nitrogens with two attached hydrogens (primary N) is 1. The van der Waals surface area contributed by atoms with Crippen LogP contribution >= 0.6 is 0 Å². The van der Waals surface area contributed by atoms with Gasteiger partial charge in [0.1, 0.15) is 0 Å². The second-order valence-electron chi connectivity index (χ2n) is 6.05. The summed E-state index contributed by atoms with van der Waals surface area (Å²) in [7, 11) is 0. The van der Waals surface area contributed by atoms with E-state index in [4.69, 9.17) is 5.73 Å². The van der Waals surface area contributed by atoms with E-state index in [2.05, 4.69) is 15.5 Å². The van der Waals surface area contributed by atoms with Crippen LogP contribution in [0.4, 0.5) is 4.79 Å². The van der Waals surface area contributed by atoms with E-state index < -0.39 is 6.03 Å². The van der Waals surface area contributed by atoms with Crippen LogP contribution in [0.1, 0.15) is 36.5 Å². The quantitative estimate of drug-likeness (QED) is 0.728. The Morgan fingerprint density at radius 3 is 2.56 bits per heavy atom. The van der Waals surface area contributed by atoms with Crippen molar-refractivity contribution in [3.63, 3.8) is 0 Å². The number of nitrogens with zero attached hydrogens (tertiary/aromatic N) is 5. The van der Waals surface area contributed by atoms with E-state index in [9.17, 15) is 14.4 Å². The molecule has 138 valence electrons. The lowest BCUT2D eigenvalue weighted by Crippen LogP contribution is -2.55. The van der Waals surface area contributed by atoms with Crippen LogP contribution in [-0.2, 0) is 11.3 Å². The summed E-state index contributed by atoms with van der Waals surface area (Å²) >= 11 is 0. The molecular weight excluding hydrogens is 326 g/mol. The summed E-state index contributed by atoms with van der Waals surface area (Å²) in [5.74, 6) is -0.229. The molecule has 1 aliphatic rings. The molecule has 0 aliphatic carbocycles. The van der Waals surface area contributed by atoms with Crippen molar-refractivity contribution in [1.82, 2.24) is 30.1 Å². The van der Waals surface area contributed by atoms with Crippen molar-refractivity contribution in [2.24, 2.45) is 5.73 Å². The fourth-order valence-electron chi connectivity index (χ4n) is 2.87. The van der Waals surface area contributed by atoms with Gasteiger partial charge in [-0.15, -0.1) is 5.10 Å². The molecule has 0 radical (unpaired) electrons. The number of hydrogen-bond acceptors (Lipinski definition) is 5. The van der Waals surface area contributed by atoms with Gasteiger partial charge in [0, 0.05) is 38.6 Å². The first-order valence-electron chi connectivity index (χ1n) is 8.37. The summed E-state index contributed by atoms with van der Waals surface area (Å²) in [6.45, 7) is 7.71. The van der Waals surface area contributed by atoms with E-state index in [1.807, 2.05) is 13.8 Å². The van der Waals surface area contributed by atoms with Crippen LogP contribution in [0.15, 0.2) is 0 Å². The number of aryl methyl sites for hydroxylation is 2. The van der Waals surface area contributed by atoms with E-state index in [1.165, 1.54) is 4.80 Å². The van der Waals surface area contributed by atoms with Gasteiger partial charge in [-0.25, -0.2) is 4.79 Å². The number of aromatic nitrogens is 3. The maximum Gasteiger partial charge on any atom is 0.312 e. The Hall–Kier alpha value is -2.65. The molecule has 10 nitrogen and oxygen atoms in total. The molecule has 1 saturated heterocycles. The SMILES string of the molecule is CCn1nc(C)c(C(=O)N2CCN(C(=O)CCNC(N)=O)C(C)C2)n1. The van der Waals surface area contributed by atoms with Crippen molar-refractivity contribution < 1.29 is 14.4 Å². The summed E-state index contributed by atoms with van der Waals surface area (Å²) in [6.07, 6.45) is 0.186. The lowest BCUT2D eigenvalue weighted by molar-refractivity contribution is -0.135. The molecule has 1 aliphatic heterocycles. The second kappa shape index (κ2) is 7.95. The van der Waals surface area contributed by atoms with Crippen molar-refractivity contribution in [2.75, 3.05) is 26.2 Å². The standard InChI is InChI=1S/C15H25N7O3/c1-4-22-18-11(3)13(19-22)14(24)20-7-8-21(10(2)9-20)12(23)5-6-17-15(16)25/h10H,4-9H2,1-3H3,(H3,16,17,25). The van der Waals surface area contributed by atoms with Crippen LogP contribution < -0.4 is 11.1 Å². The molecule has 1 aromatic heterocycles. The first-order chi connectivity index (χ1) is 11.8. The Bertz CT molecular complexity index is 658. The molecule has 0 spiro atoms. The van der Waals surface area contributed by atoms with Crippen LogP contribution in [0.3, 0.4) is 0 Å². The summed E-state index contributed by atoms with van der Waals surface area (Å²) in [5, 5.41) is 10.8. The number of urea groups is 1. The summed E-state index contributed by atoms with van der Waals surface area (Å²) < 4.78 is 0. The molecule has 1 atom stereocenters. The number of carbonyl (C=O) groups is 3. The van der Waals surface area contributed by atoms with Crippen LogP contribution in [0.5, 0.6) is 0 Å². The summed E-state index contributed by atoms with van der Waals surface area (Å²) in [5.41, 5.74) is 5.95. The third-order valence-electron chi connectivity index (χ3n) is 4.18. The van der Waals surface area contributed by atoms with Crippen LogP contribution in [0.25, 0.3) is 0 Å². The molecule has 0 saturated carbocycles. The van der Waals surface area contributed by atoms with Gasteiger partial charge in [-0.2, -0.15) is 9.90 Å². The smallest absolute Gasteiger partial charge is 0.312 e. The van der Waals surface area contributed by atoms with Gasteiger partial charge < -0.3 is 20.9 Å². The normalized spacial score (nSPS) is 17.5. The number of nitrogens with one attached hydrogen (secondary N) is 1. The van der Waals surface area contributed by atoms with Gasteiger partial charge in [0.15, 0.2) is 5.69 Å². The summed E-state index contributed by atoms with van der Waals surface area (Å²) in [6, 6.07) is -0.757. The fraction of sp³-hybridized carbons (Fsp3) is 0.667. The third-order valence-corrected chi connectivity index (χ3v) is 4.18. The highest BCUT2D eigenvalue weighted by Gasteiger charge is 2.31. The van der Waals surface area contributed by atoms with Gasteiger partial charge in [-0.3, -0.25) is 9.59 Å². The topological polar surface area (TPSA) is 126 Å². The maximum atomic E-state index is 12.7. The highest BCUT2D eigenvalue weighted by Crippen LogP contribution is 2.14. The van der Waals surface area contributed by atoms with Gasteiger partial charge in [0.25, 0.3) is 5.91 Å². The highest BCUT2D eigenvalue weighted by atomic mass is 16.2. The molecule has 0 aromatic carbocycles. The van der Waals surface area contributed by atoms with E-state index in [0.29, 0.717) is 37.6 Å². The molecule has 1 unspecified atom stereocenters. The van der Waals surface area contributed by atoms with Crippen molar-refractivity contribution in [1.29, 1.82) is 0 Å². The van der Waals surface area contributed by atoms with E-state index in [-0.39, 0.29) is 30.8 Å². The molecule has 2 rings (SSSR count). The minimum absolute atomic E-state index is 0.0681. The Morgan fingerprint density at radius 2 is 2.00 bits per heavy atom. The van der Waals surface area contributed by atoms with Crippen molar-refractivity contribution in [3.8, 4) is 0 Å². The molecule has 3 N–H and O–H groups in total. The number of carbonyl (C=O) groups excluding carboxylic acids is 3. The minimum Gasteiger partial charge on any atom is -0.352 e. The Kier molecular flexibility index (Phi) is 5.94. The predicted octanol–water partition coefficient (Wildman–Crippen LogP) is -0.662. The average Bonchev–Trinajstić information content (AvgIpc) is 2.94. The van der Waals surface area contributed by atoms with E-state index >= 15 is 0 Å². The first-order valence-corrected chi connectivity index (χ1v) is 8.37. The van der Waals surface area contributed by atoms with Crippen molar-refractivity contribution >= 4 is 17.8 Å². The van der Waals surface area contributed by atoms with Crippen molar-refractivity contribution in [3.05, 3.63) is 11.4 Å². The lowest BCUT2D eigenvalue weighted by Gasteiger charge is -2.39. The maximum absolute atomic E-state index is 12.7. The third kappa shape index (κ3) is 4.46.